The first-order chi connectivity index (χ1) is 16.9. The van der Waals surface area contributed by atoms with Crippen LogP contribution in [0.15, 0.2) is 66.9 Å². The fourth-order valence-electron chi connectivity index (χ4n) is 6.42. The van der Waals surface area contributed by atoms with Crippen LogP contribution in [0.3, 0.4) is 0 Å². The van der Waals surface area contributed by atoms with Gasteiger partial charge in [-0.15, -0.1) is 0 Å². The Bertz CT molecular complexity index is 1380. The molecule has 8 nitrogen and oxygen atoms in total. The molecule has 1 spiro atoms. The summed E-state index contributed by atoms with van der Waals surface area (Å²) < 4.78 is 14.6. The van der Waals surface area contributed by atoms with Crippen molar-refractivity contribution in [2.75, 3.05) is 11.9 Å². The van der Waals surface area contributed by atoms with Crippen LogP contribution < -0.4 is 5.32 Å². The number of ketones is 1. The van der Waals surface area contributed by atoms with Crippen molar-refractivity contribution in [1.29, 1.82) is 0 Å². The highest BCUT2D eigenvalue weighted by Gasteiger charge is 2.69. The highest BCUT2D eigenvalue weighted by Crippen LogP contribution is 2.61. The standard InChI is InChI=1S/C26H21FN4O4/c27-16-9-10-19-18(14-16)26(25(33)29-19)23(24(32)20-7-1-2-11-28-20)22(21-8-4-12-30(21)26)15-5-3-6-17(13-15)31(34)35/h1-3,5-7,9-11,13-14,21-23H,4,8,12H2,(H,29,33)/t21-,22+,23-,26+/m0/s1. The second kappa shape index (κ2) is 7.78. The quantitative estimate of drug-likeness (QED) is 0.349. The van der Waals surface area contributed by atoms with Crippen molar-refractivity contribution in [3.05, 3.63) is 99.6 Å². The number of anilines is 1. The van der Waals surface area contributed by atoms with Crippen LogP contribution >= 0.6 is 0 Å². The van der Waals surface area contributed by atoms with Crippen LogP contribution in [0.1, 0.15) is 40.4 Å². The van der Waals surface area contributed by atoms with Crippen LogP contribution in [-0.2, 0) is 10.3 Å². The lowest BCUT2D eigenvalue weighted by Crippen LogP contribution is -2.53. The Labute approximate surface area is 199 Å². The van der Waals surface area contributed by atoms with E-state index in [1.165, 1.54) is 36.5 Å². The number of benzene rings is 2. The topological polar surface area (TPSA) is 105 Å². The third-order valence-corrected chi connectivity index (χ3v) is 7.63. The Hall–Kier alpha value is -3.98. The molecule has 35 heavy (non-hydrogen) atoms. The Morgan fingerprint density at radius 2 is 2.03 bits per heavy atom. The molecule has 1 amide bonds. The van der Waals surface area contributed by atoms with Gasteiger partial charge in [-0.25, -0.2) is 4.39 Å². The molecule has 4 heterocycles. The van der Waals surface area contributed by atoms with E-state index < -0.39 is 28.1 Å². The summed E-state index contributed by atoms with van der Waals surface area (Å²) >= 11 is 0. The number of aromatic nitrogens is 1. The summed E-state index contributed by atoms with van der Waals surface area (Å²) in [5.41, 5.74) is 0.185. The number of nitro groups is 1. The van der Waals surface area contributed by atoms with Gasteiger partial charge in [0.1, 0.15) is 17.1 Å². The Morgan fingerprint density at radius 1 is 1.17 bits per heavy atom. The van der Waals surface area contributed by atoms with Crippen molar-refractivity contribution in [3.63, 3.8) is 0 Å². The number of nitrogens with zero attached hydrogens (tertiary/aromatic N) is 3. The summed E-state index contributed by atoms with van der Waals surface area (Å²) in [4.78, 5) is 45.4. The molecule has 2 aromatic carbocycles. The summed E-state index contributed by atoms with van der Waals surface area (Å²) in [6.07, 6.45) is 3.01. The summed E-state index contributed by atoms with van der Waals surface area (Å²) in [6, 6.07) is 15.2. The van der Waals surface area contributed by atoms with Crippen LogP contribution in [0.2, 0.25) is 0 Å². The monoisotopic (exact) mass is 472 g/mol. The van der Waals surface area contributed by atoms with Gasteiger partial charge in [-0.05, 0) is 55.3 Å². The number of hydrogen-bond acceptors (Lipinski definition) is 6. The van der Waals surface area contributed by atoms with Gasteiger partial charge in [-0.1, -0.05) is 18.2 Å². The number of halogens is 1. The number of nitrogens with one attached hydrogen (secondary N) is 1. The second-order valence-corrected chi connectivity index (χ2v) is 9.25. The van der Waals surface area contributed by atoms with Crippen molar-refractivity contribution in [2.24, 2.45) is 5.92 Å². The lowest BCUT2D eigenvalue weighted by Gasteiger charge is -2.36. The van der Waals surface area contributed by atoms with Gasteiger partial charge in [0.15, 0.2) is 5.78 Å². The molecule has 0 saturated carbocycles. The molecule has 9 heteroatoms. The molecule has 0 bridgehead atoms. The number of rotatable bonds is 4. The highest BCUT2D eigenvalue weighted by molar-refractivity contribution is 6.12. The third kappa shape index (κ3) is 2.97. The van der Waals surface area contributed by atoms with Crippen molar-refractivity contribution in [1.82, 2.24) is 9.88 Å². The Balaban J connectivity index is 1.63. The zero-order valence-corrected chi connectivity index (χ0v) is 18.6. The molecule has 3 aliphatic rings. The normalized spacial score (nSPS) is 27.0. The van der Waals surface area contributed by atoms with Crippen LogP contribution in [0.25, 0.3) is 0 Å². The Morgan fingerprint density at radius 3 is 2.80 bits per heavy atom. The first-order valence-electron chi connectivity index (χ1n) is 11.5. The van der Waals surface area contributed by atoms with Crippen LogP contribution in [-0.4, -0.2) is 39.1 Å². The maximum Gasteiger partial charge on any atom is 0.269 e. The van der Waals surface area contributed by atoms with Crippen molar-refractivity contribution < 1.29 is 18.9 Å². The van der Waals surface area contributed by atoms with E-state index in [0.717, 1.165) is 6.42 Å². The van der Waals surface area contributed by atoms with Gasteiger partial charge < -0.3 is 5.32 Å². The van der Waals surface area contributed by atoms with E-state index in [1.54, 1.807) is 30.3 Å². The lowest BCUT2D eigenvalue weighted by molar-refractivity contribution is -0.384. The molecule has 0 radical (unpaired) electrons. The average Bonchev–Trinajstić information content (AvgIpc) is 3.52. The second-order valence-electron chi connectivity index (χ2n) is 9.25. The molecule has 2 saturated heterocycles. The summed E-state index contributed by atoms with van der Waals surface area (Å²) in [5.74, 6) is -2.70. The van der Waals surface area contributed by atoms with Gasteiger partial charge in [0.2, 0.25) is 5.91 Å². The van der Waals surface area contributed by atoms with Crippen molar-refractivity contribution in [3.8, 4) is 0 Å². The van der Waals surface area contributed by atoms with E-state index in [-0.39, 0.29) is 29.1 Å². The van der Waals surface area contributed by atoms with E-state index in [0.29, 0.717) is 29.8 Å². The largest absolute Gasteiger partial charge is 0.324 e. The van der Waals surface area contributed by atoms with E-state index >= 15 is 0 Å². The van der Waals surface area contributed by atoms with Gasteiger partial charge in [0.05, 0.1) is 10.8 Å². The molecule has 1 N–H and O–H groups in total. The van der Waals surface area contributed by atoms with Crippen molar-refractivity contribution in [2.45, 2.75) is 30.3 Å². The third-order valence-electron chi connectivity index (χ3n) is 7.63. The van der Waals surface area contributed by atoms with Gasteiger partial charge in [-0.2, -0.15) is 0 Å². The molecule has 4 atom stereocenters. The van der Waals surface area contributed by atoms with Gasteiger partial charge >= 0.3 is 0 Å². The molecule has 176 valence electrons. The molecule has 2 fully saturated rings. The number of non-ortho nitro benzene ring substituents is 1. The van der Waals surface area contributed by atoms with E-state index in [9.17, 15) is 24.1 Å². The van der Waals surface area contributed by atoms with E-state index in [2.05, 4.69) is 10.3 Å². The SMILES string of the molecule is O=C(c1ccccn1)[C@@H]1[C@H](c2cccc([N+](=O)[O-])c2)[C@@H]2CCCN2[C@@]12C(=O)Nc1ccc(F)cc12. The van der Waals surface area contributed by atoms with Gasteiger partial charge in [0.25, 0.3) is 5.69 Å². The Kier molecular flexibility index (Phi) is 4.79. The minimum Gasteiger partial charge on any atom is -0.324 e. The summed E-state index contributed by atoms with van der Waals surface area (Å²) in [6.45, 7) is 0.547. The number of pyridine rings is 1. The predicted molar refractivity (Wildman–Crippen MR) is 124 cm³/mol. The number of fused-ring (bicyclic) bond motifs is 4. The predicted octanol–water partition coefficient (Wildman–Crippen LogP) is 4.04. The minimum atomic E-state index is -1.44. The lowest BCUT2D eigenvalue weighted by atomic mass is 9.69. The van der Waals surface area contributed by atoms with Gasteiger partial charge in [-0.3, -0.25) is 29.6 Å². The summed E-state index contributed by atoms with van der Waals surface area (Å²) in [5, 5.41) is 14.4. The highest BCUT2D eigenvalue weighted by atomic mass is 19.1. The van der Waals surface area contributed by atoms with Crippen LogP contribution in [0.5, 0.6) is 0 Å². The van der Waals surface area contributed by atoms with E-state index in [1.807, 2.05) is 4.90 Å². The fraction of sp³-hybridized carbons (Fsp3) is 0.269. The molecule has 1 aromatic heterocycles. The molecule has 3 aliphatic heterocycles. The molecular formula is C26H21FN4O4. The smallest absolute Gasteiger partial charge is 0.269 e. The number of carbonyl (C=O) groups is 2. The molecule has 0 unspecified atom stereocenters. The number of nitro benzene ring substituents is 1. The summed E-state index contributed by atoms with van der Waals surface area (Å²) in [7, 11) is 0. The van der Waals surface area contributed by atoms with Crippen molar-refractivity contribution >= 4 is 23.1 Å². The van der Waals surface area contributed by atoms with E-state index in [4.69, 9.17) is 0 Å². The molecule has 0 aliphatic carbocycles. The number of Topliss-reactive ketones (excluding diaryl/α,β-unsaturated/α-hetero) is 1. The number of amides is 1. The first-order valence-corrected chi connectivity index (χ1v) is 11.5. The first kappa shape index (κ1) is 21.5. The van der Waals surface area contributed by atoms with Gasteiger partial charge in [0, 0.05) is 41.5 Å². The molecular weight excluding hydrogens is 451 g/mol. The number of hydrogen-bond donors (Lipinski definition) is 1. The zero-order chi connectivity index (χ0) is 24.3. The average molecular weight is 472 g/mol. The maximum atomic E-state index is 14.6. The van der Waals surface area contributed by atoms with Crippen LogP contribution in [0.4, 0.5) is 15.8 Å². The van der Waals surface area contributed by atoms with Crippen LogP contribution in [0, 0.1) is 21.8 Å². The fourth-order valence-corrected chi connectivity index (χ4v) is 6.42. The molecule has 3 aromatic rings. The maximum absolute atomic E-state index is 14.6. The minimum absolute atomic E-state index is 0.0839. The zero-order valence-electron chi connectivity index (χ0n) is 18.6. The molecule has 6 rings (SSSR count). The number of carbonyl (C=O) groups excluding carboxylic acids is 2.